The van der Waals surface area contributed by atoms with E-state index in [9.17, 15) is 4.79 Å². The molecule has 1 atom stereocenters. The van der Waals surface area contributed by atoms with Gasteiger partial charge in [0.05, 0.1) is 17.2 Å². The van der Waals surface area contributed by atoms with Crippen molar-refractivity contribution in [1.29, 1.82) is 5.26 Å². The number of hydrogen-bond acceptors (Lipinski definition) is 3. The Kier molecular flexibility index (Phi) is 4.36. The summed E-state index contributed by atoms with van der Waals surface area (Å²) in [5, 5.41) is 18.3. The number of carboxylic acids is 1. The van der Waals surface area contributed by atoms with Crippen LogP contribution in [0.1, 0.15) is 12.5 Å². The van der Waals surface area contributed by atoms with Crippen LogP contribution in [0.4, 0.5) is 5.69 Å². The average Bonchev–Trinajstić information content (AvgIpc) is 2.28. The molecule has 0 radical (unpaired) electrons. The number of halogens is 1. The van der Waals surface area contributed by atoms with E-state index in [1.54, 1.807) is 37.1 Å². The lowest BCUT2D eigenvalue weighted by atomic mass is 10.1. The Morgan fingerprint density at radius 2 is 2.29 bits per heavy atom. The van der Waals surface area contributed by atoms with Crippen LogP contribution in [0.5, 0.6) is 0 Å². The smallest absolute Gasteiger partial charge is 0.308 e. The SMILES string of the molecule is C[C@@H](CN(C)c1ccc(Cl)cc1C#N)C(=O)O. The Hall–Kier alpha value is -1.73. The van der Waals surface area contributed by atoms with Gasteiger partial charge in [-0.15, -0.1) is 0 Å². The van der Waals surface area contributed by atoms with E-state index in [1.807, 2.05) is 6.07 Å². The second-order valence-corrected chi connectivity index (χ2v) is 4.33. The van der Waals surface area contributed by atoms with E-state index in [1.165, 1.54) is 0 Å². The van der Waals surface area contributed by atoms with E-state index in [0.29, 0.717) is 22.8 Å². The normalized spacial score (nSPS) is 11.6. The number of anilines is 1. The molecule has 0 aliphatic carbocycles. The van der Waals surface area contributed by atoms with Crippen molar-refractivity contribution < 1.29 is 9.90 Å². The molecular formula is C12H13ClN2O2. The summed E-state index contributed by atoms with van der Waals surface area (Å²) in [4.78, 5) is 12.5. The second-order valence-electron chi connectivity index (χ2n) is 3.89. The van der Waals surface area contributed by atoms with Gasteiger partial charge in [-0.25, -0.2) is 0 Å². The van der Waals surface area contributed by atoms with E-state index in [2.05, 4.69) is 0 Å². The highest BCUT2D eigenvalue weighted by molar-refractivity contribution is 6.30. The molecule has 17 heavy (non-hydrogen) atoms. The van der Waals surface area contributed by atoms with Gasteiger partial charge in [-0.2, -0.15) is 5.26 Å². The molecule has 4 nitrogen and oxygen atoms in total. The maximum absolute atomic E-state index is 10.8. The number of carboxylic acid groups (broad SMARTS) is 1. The van der Waals surface area contributed by atoms with E-state index in [-0.39, 0.29) is 0 Å². The van der Waals surface area contributed by atoms with Crippen molar-refractivity contribution in [3.63, 3.8) is 0 Å². The maximum atomic E-state index is 10.8. The van der Waals surface area contributed by atoms with Crippen LogP contribution in [0.25, 0.3) is 0 Å². The first-order valence-electron chi connectivity index (χ1n) is 5.09. The van der Waals surface area contributed by atoms with Gasteiger partial charge in [-0.1, -0.05) is 18.5 Å². The molecule has 0 fully saturated rings. The molecule has 0 saturated carbocycles. The number of carbonyl (C=O) groups is 1. The van der Waals surface area contributed by atoms with Crippen molar-refractivity contribution in [3.05, 3.63) is 28.8 Å². The third-order valence-electron chi connectivity index (χ3n) is 2.46. The van der Waals surface area contributed by atoms with E-state index >= 15 is 0 Å². The van der Waals surface area contributed by atoms with E-state index in [4.69, 9.17) is 22.0 Å². The molecule has 0 saturated heterocycles. The van der Waals surface area contributed by atoms with Gasteiger partial charge in [0, 0.05) is 18.6 Å². The number of rotatable bonds is 4. The molecule has 1 aromatic carbocycles. The number of nitriles is 1. The van der Waals surface area contributed by atoms with Crippen LogP contribution in [0.15, 0.2) is 18.2 Å². The molecule has 0 unspecified atom stereocenters. The Morgan fingerprint density at radius 3 is 2.82 bits per heavy atom. The molecule has 1 N–H and O–H groups in total. The van der Waals surface area contributed by atoms with Crippen LogP contribution in [-0.2, 0) is 4.79 Å². The fourth-order valence-electron chi connectivity index (χ4n) is 1.52. The lowest BCUT2D eigenvalue weighted by Gasteiger charge is -2.22. The Labute approximate surface area is 105 Å². The zero-order valence-electron chi connectivity index (χ0n) is 9.64. The van der Waals surface area contributed by atoms with E-state index in [0.717, 1.165) is 0 Å². The van der Waals surface area contributed by atoms with Crippen LogP contribution in [0, 0.1) is 17.2 Å². The molecule has 1 rings (SSSR count). The van der Waals surface area contributed by atoms with Crippen molar-refractivity contribution in [2.75, 3.05) is 18.5 Å². The largest absolute Gasteiger partial charge is 0.481 e. The Morgan fingerprint density at radius 1 is 1.65 bits per heavy atom. The summed E-state index contributed by atoms with van der Waals surface area (Å²) in [6, 6.07) is 7.01. The topological polar surface area (TPSA) is 64.3 Å². The van der Waals surface area contributed by atoms with Gasteiger partial charge in [0.2, 0.25) is 0 Å². The van der Waals surface area contributed by atoms with Gasteiger partial charge < -0.3 is 10.0 Å². The van der Waals surface area contributed by atoms with Gasteiger partial charge in [-0.3, -0.25) is 4.79 Å². The number of aliphatic carboxylic acids is 1. The van der Waals surface area contributed by atoms with Gasteiger partial charge in [0.1, 0.15) is 6.07 Å². The number of nitrogens with zero attached hydrogens (tertiary/aromatic N) is 2. The monoisotopic (exact) mass is 252 g/mol. The summed E-state index contributed by atoms with van der Waals surface area (Å²) < 4.78 is 0. The van der Waals surface area contributed by atoms with Crippen LogP contribution in [-0.4, -0.2) is 24.7 Å². The fourth-order valence-corrected chi connectivity index (χ4v) is 1.69. The van der Waals surface area contributed by atoms with Crippen molar-refractivity contribution in [2.45, 2.75) is 6.92 Å². The first-order chi connectivity index (χ1) is 7.95. The summed E-state index contributed by atoms with van der Waals surface area (Å²) in [7, 11) is 1.75. The van der Waals surface area contributed by atoms with Gasteiger partial charge >= 0.3 is 5.97 Å². The minimum absolute atomic E-state index is 0.339. The highest BCUT2D eigenvalue weighted by Crippen LogP contribution is 2.23. The molecule has 90 valence electrons. The Bertz CT molecular complexity index is 468. The molecule has 0 aliphatic heterocycles. The molecule has 0 heterocycles. The second kappa shape index (κ2) is 5.55. The predicted octanol–water partition coefficient (Wildman–Crippen LogP) is 2.37. The van der Waals surface area contributed by atoms with Gasteiger partial charge in [-0.05, 0) is 18.2 Å². The fraction of sp³-hybridized carbons (Fsp3) is 0.333. The van der Waals surface area contributed by atoms with Crippen molar-refractivity contribution in [2.24, 2.45) is 5.92 Å². The third kappa shape index (κ3) is 3.36. The summed E-state index contributed by atoms with van der Waals surface area (Å²) in [6.45, 7) is 1.96. The van der Waals surface area contributed by atoms with Crippen LogP contribution < -0.4 is 4.90 Å². The Balaban J connectivity index is 2.93. The molecule has 1 aromatic rings. The number of hydrogen-bond donors (Lipinski definition) is 1. The number of benzene rings is 1. The summed E-state index contributed by atoms with van der Waals surface area (Å²) in [5.41, 5.74) is 1.13. The van der Waals surface area contributed by atoms with E-state index < -0.39 is 11.9 Å². The molecular weight excluding hydrogens is 240 g/mol. The minimum atomic E-state index is -0.857. The summed E-state index contributed by atoms with van der Waals surface area (Å²) >= 11 is 5.79. The van der Waals surface area contributed by atoms with Crippen molar-refractivity contribution in [3.8, 4) is 6.07 Å². The molecule has 0 aliphatic rings. The first-order valence-corrected chi connectivity index (χ1v) is 5.47. The van der Waals surface area contributed by atoms with Crippen LogP contribution >= 0.6 is 11.6 Å². The van der Waals surface area contributed by atoms with Gasteiger partial charge in [0.25, 0.3) is 0 Å². The lowest BCUT2D eigenvalue weighted by molar-refractivity contribution is -0.140. The van der Waals surface area contributed by atoms with Gasteiger partial charge in [0.15, 0.2) is 0 Å². The molecule has 5 heteroatoms. The zero-order chi connectivity index (χ0) is 13.0. The van der Waals surface area contributed by atoms with Crippen molar-refractivity contribution in [1.82, 2.24) is 0 Å². The predicted molar refractivity (Wildman–Crippen MR) is 66.2 cm³/mol. The molecule has 0 aromatic heterocycles. The molecule has 0 spiro atoms. The lowest BCUT2D eigenvalue weighted by Crippen LogP contribution is -2.28. The summed E-state index contributed by atoms with van der Waals surface area (Å²) in [6.07, 6.45) is 0. The zero-order valence-corrected chi connectivity index (χ0v) is 10.4. The third-order valence-corrected chi connectivity index (χ3v) is 2.69. The molecule has 0 bridgehead atoms. The van der Waals surface area contributed by atoms with Crippen LogP contribution in [0.3, 0.4) is 0 Å². The quantitative estimate of drug-likeness (QED) is 0.894. The highest BCUT2D eigenvalue weighted by atomic mass is 35.5. The standard InChI is InChI=1S/C12H13ClN2O2/c1-8(12(16)17)7-15(2)11-4-3-10(13)5-9(11)6-14/h3-5,8H,7H2,1-2H3,(H,16,17)/t8-/m0/s1. The highest BCUT2D eigenvalue weighted by Gasteiger charge is 2.15. The average molecular weight is 253 g/mol. The summed E-state index contributed by atoms with van der Waals surface area (Å²) in [5.74, 6) is -1.36. The van der Waals surface area contributed by atoms with Crippen LogP contribution in [0.2, 0.25) is 5.02 Å². The van der Waals surface area contributed by atoms with Crippen molar-refractivity contribution >= 4 is 23.3 Å². The minimum Gasteiger partial charge on any atom is -0.481 e. The first kappa shape index (κ1) is 13.3. The molecule has 0 amide bonds. The maximum Gasteiger partial charge on any atom is 0.308 e.